The van der Waals surface area contributed by atoms with Gasteiger partial charge in [0.05, 0.1) is 25.4 Å². The lowest BCUT2D eigenvalue weighted by molar-refractivity contribution is -0.123. The molecule has 286 valence electrons. The highest BCUT2D eigenvalue weighted by Gasteiger charge is 2.27. The fourth-order valence-corrected chi connectivity index (χ4v) is 6.24. The van der Waals surface area contributed by atoms with E-state index in [1.807, 2.05) is 0 Å². The SMILES string of the molecule is CC/C=C\C/C=C\C/C=C\C/C=C\CCCCCCCCC(=O)NC(COP(=O)(O)OCCN)C(O)CCCCCCCCCCCCC. The summed E-state index contributed by atoms with van der Waals surface area (Å²) in [6, 6.07) is -0.782. The summed E-state index contributed by atoms with van der Waals surface area (Å²) in [5.74, 6) is -0.179. The predicted octanol–water partition coefficient (Wildman–Crippen LogP) is 10.6. The Bertz CT molecular complexity index is 907. The number of hydrogen-bond acceptors (Lipinski definition) is 6. The molecular weight excluding hydrogens is 635 g/mol. The van der Waals surface area contributed by atoms with E-state index in [0.717, 1.165) is 77.0 Å². The van der Waals surface area contributed by atoms with Gasteiger partial charge in [-0.2, -0.15) is 0 Å². The number of amides is 1. The maximum Gasteiger partial charge on any atom is 0.472 e. The van der Waals surface area contributed by atoms with Gasteiger partial charge in [-0.1, -0.05) is 159 Å². The normalized spacial score (nSPS) is 14.8. The largest absolute Gasteiger partial charge is 0.472 e. The molecule has 0 aromatic heterocycles. The van der Waals surface area contributed by atoms with Crippen molar-refractivity contribution in [2.75, 3.05) is 19.8 Å². The van der Waals surface area contributed by atoms with Crippen molar-refractivity contribution in [3.63, 3.8) is 0 Å². The summed E-state index contributed by atoms with van der Waals surface area (Å²) in [5, 5.41) is 13.7. The molecule has 0 aromatic carbocycles. The second-order valence-electron chi connectivity index (χ2n) is 13.1. The maximum absolute atomic E-state index is 12.7. The highest BCUT2D eigenvalue weighted by molar-refractivity contribution is 7.47. The standard InChI is InChI=1S/C40H75N2O6P/c1-3-5-7-9-11-13-15-16-17-18-19-20-21-22-24-26-28-30-32-34-40(44)42-38(37-48-49(45,46)47-36-35-41)39(43)33-31-29-27-25-23-14-12-10-8-6-4-2/h5,7,11,13,16-17,19-20,38-39,43H,3-4,6,8-10,12,14-15,18,21-37,41H2,1-2H3,(H,42,44)(H,45,46)/b7-5-,13-11-,17-16-,20-19-. The van der Waals surface area contributed by atoms with Crippen molar-refractivity contribution in [1.29, 1.82) is 0 Å². The van der Waals surface area contributed by atoms with Crippen LogP contribution in [0.15, 0.2) is 48.6 Å². The molecule has 0 saturated carbocycles. The Morgan fingerprint density at radius 1 is 0.694 bits per heavy atom. The van der Waals surface area contributed by atoms with Gasteiger partial charge in [0.15, 0.2) is 0 Å². The Kier molecular flexibility index (Phi) is 35.1. The topological polar surface area (TPSA) is 131 Å². The van der Waals surface area contributed by atoms with Gasteiger partial charge in [-0.15, -0.1) is 0 Å². The lowest BCUT2D eigenvalue weighted by atomic mass is 10.0. The molecule has 0 fully saturated rings. The van der Waals surface area contributed by atoms with Crippen LogP contribution in [-0.2, 0) is 18.4 Å². The Hall–Kier alpha value is -1.54. The Labute approximate surface area is 301 Å². The van der Waals surface area contributed by atoms with E-state index in [-0.39, 0.29) is 25.7 Å². The zero-order valence-corrected chi connectivity index (χ0v) is 32.3. The molecule has 0 spiro atoms. The lowest BCUT2D eigenvalue weighted by Crippen LogP contribution is -2.46. The number of nitrogens with two attached hydrogens (primary N) is 1. The van der Waals surface area contributed by atoms with Crippen LogP contribution >= 0.6 is 7.82 Å². The zero-order valence-electron chi connectivity index (χ0n) is 31.4. The quantitative estimate of drug-likeness (QED) is 0.0289. The van der Waals surface area contributed by atoms with Crippen LogP contribution in [0.5, 0.6) is 0 Å². The van der Waals surface area contributed by atoms with Crippen molar-refractivity contribution in [3.05, 3.63) is 48.6 Å². The second-order valence-corrected chi connectivity index (χ2v) is 14.6. The first-order valence-corrected chi connectivity index (χ1v) is 21.2. The first kappa shape index (κ1) is 47.5. The first-order valence-electron chi connectivity index (χ1n) is 19.8. The average Bonchev–Trinajstić information content (AvgIpc) is 3.09. The van der Waals surface area contributed by atoms with Crippen LogP contribution in [0.4, 0.5) is 0 Å². The molecule has 0 aliphatic heterocycles. The third-order valence-electron chi connectivity index (χ3n) is 8.45. The summed E-state index contributed by atoms with van der Waals surface area (Å²) in [6.07, 6.45) is 42.6. The van der Waals surface area contributed by atoms with Crippen LogP contribution in [0.25, 0.3) is 0 Å². The highest BCUT2D eigenvalue weighted by Crippen LogP contribution is 2.43. The highest BCUT2D eigenvalue weighted by atomic mass is 31.2. The van der Waals surface area contributed by atoms with Gasteiger partial charge in [0.2, 0.25) is 5.91 Å². The van der Waals surface area contributed by atoms with Crippen LogP contribution in [0.1, 0.15) is 168 Å². The molecule has 1 amide bonds. The number of carbonyl (C=O) groups is 1. The molecule has 3 unspecified atom stereocenters. The summed E-state index contributed by atoms with van der Waals surface area (Å²) in [5.41, 5.74) is 5.36. The summed E-state index contributed by atoms with van der Waals surface area (Å²) < 4.78 is 22.1. The zero-order chi connectivity index (χ0) is 36.1. The van der Waals surface area contributed by atoms with Gasteiger partial charge in [-0.25, -0.2) is 4.57 Å². The number of allylic oxidation sites excluding steroid dienone is 8. The Morgan fingerprint density at radius 2 is 1.18 bits per heavy atom. The minimum absolute atomic E-state index is 0.0842. The summed E-state index contributed by atoms with van der Waals surface area (Å²) in [6.45, 7) is 4.05. The van der Waals surface area contributed by atoms with E-state index in [0.29, 0.717) is 12.8 Å². The third kappa shape index (κ3) is 34.7. The van der Waals surface area contributed by atoms with Crippen molar-refractivity contribution >= 4 is 13.7 Å². The maximum atomic E-state index is 12.7. The number of aliphatic hydroxyl groups excluding tert-OH is 1. The van der Waals surface area contributed by atoms with E-state index < -0.39 is 20.0 Å². The molecule has 0 radical (unpaired) electrons. The number of unbranched alkanes of at least 4 members (excludes halogenated alkanes) is 16. The molecule has 0 rings (SSSR count). The number of carbonyl (C=O) groups excluding carboxylic acids is 1. The molecule has 0 aromatic rings. The molecule has 0 saturated heterocycles. The van der Waals surface area contributed by atoms with Crippen molar-refractivity contribution in [1.82, 2.24) is 5.32 Å². The molecule has 0 aliphatic rings. The van der Waals surface area contributed by atoms with Crippen molar-refractivity contribution < 1.29 is 28.4 Å². The van der Waals surface area contributed by atoms with Gasteiger partial charge in [-0.3, -0.25) is 13.8 Å². The predicted molar refractivity (Wildman–Crippen MR) is 207 cm³/mol. The molecular formula is C40H75N2O6P. The molecule has 5 N–H and O–H groups in total. The van der Waals surface area contributed by atoms with Crippen LogP contribution in [0.2, 0.25) is 0 Å². The fraction of sp³-hybridized carbons (Fsp3) is 0.775. The number of phosphoric ester groups is 1. The second kappa shape index (κ2) is 36.3. The third-order valence-corrected chi connectivity index (χ3v) is 9.43. The monoisotopic (exact) mass is 711 g/mol. The van der Waals surface area contributed by atoms with Crippen LogP contribution in [0, 0.1) is 0 Å². The average molecular weight is 711 g/mol. The van der Waals surface area contributed by atoms with Crippen LogP contribution < -0.4 is 11.1 Å². The van der Waals surface area contributed by atoms with Gasteiger partial charge in [0.25, 0.3) is 0 Å². The molecule has 8 nitrogen and oxygen atoms in total. The number of rotatable bonds is 36. The van der Waals surface area contributed by atoms with Gasteiger partial charge in [0.1, 0.15) is 0 Å². The minimum Gasteiger partial charge on any atom is -0.391 e. The lowest BCUT2D eigenvalue weighted by Gasteiger charge is -2.25. The number of phosphoric acid groups is 1. The minimum atomic E-state index is -4.31. The van der Waals surface area contributed by atoms with E-state index in [1.54, 1.807) is 0 Å². The van der Waals surface area contributed by atoms with Crippen molar-refractivity contribution in [3.8, 4) is 0 Å². The number of aliphatic hydroxyl groups is 1. The van der Waals surface area contributed by atoms with Gasteiger partial charge in [-0.05, 0) is 51.4 Å². The van der Waals surface area contributed by atoms with E-state index in [2.05, 4.69) is 67.8 Å². The summed E-state index contributed by atoms with van der Waals surface area (Å²) >= 11 is 0. The fourth-order valence-electron chi connectivity index (χ4n) is 5.48. The van der Waals surface area contributed by atoms with Crippen LogP contribution in [0.3, 0.4) is 0 Å². The van der Waals surface area contributed by atoms with Gasteiger partial charge < -0.3 is 21.1 Å². The molecule has 3 atom stereocenters. The van der Waals surface area contributed by atoms with Gasteiger partial charge >= 0.3 is 7.82 Å². The van der Waals surface area contributed by atoms with Crippen molar-refractivity contribution in [2.24, 2.45) is 5.73 Å². The molecule has 49 heavy (non-hydrogen) atoms. The Balaban J connectivity index is 4.22. The van der Waals surface area contributed by atoms with E-state index in [9.17, 15) is 19.4 Å². The molecule has 0 heterocycles. The first-order chi connectivity index (χ1) is 23.9. The Morgan fingerprint density at radius 3 is 1.73 bits per heavy atom. The van der Waals surface area contributed by atoms with Gasteiger partial charge in [0, 0.05) is 13.0 Å². The number of hydrogen-bond donors (Lipinski definition) is 4. The van der Waals surface area contributed by atoms with E-state index >= 15 is 0 Å². The molecule has 9 heteroatoms. The van der Waals surface area contributed by atoms with E-state index in [4.69, 9.17) is 14.8 Å². The van der Waals surface area contributed by atoms with Crippen molar-refractivity contribution in [2.45, 2.75) is 180 Å². The number of nitrogens with one attached hydrogen (secondary N) is 1. The van der Waals surface area contributed by atoms with Crippen LogP contribution in [-0.4, -0.2) is 47.8 Å². The smallest absolute Gasteiger partial charge is 0.391 e. The summed E-state index contributed by atoms with van der Waals surface area (Å²) in [7, 11) is -4.31. The summed E-state index contributed by atoms with van der Waals surface area (Å²) in [4.78, 5) is 22.6. The van der Waals surface area contributed by atoms with E-state index in [1.165, 1.54) is 64.2 Å². The molecule has 0 aliphatic carbocycles. The molecule has 0 bridgehead atoms.